The van der Waals surface area contributed by atoms with Crippen molar-refractivity contribution in [3.63, 3.8) is 0 Å². The van der Waals surface area contributed by atoms with Gasteiger partial charge in [0.1, 0.15) is 18.4 Å². The van der Waals surface area contributed by atoms with Crippen molar-refractivity contribution in [1.29, 1.82) is 0 Å². The van der Waals surface area contributed by atoms with E-state index < -0.39 is 23.0 Å². The predicted octanol–water partition coefficient (Wildman–Crippen LogP) is 3.29. The Morgan fingerprint density at radius 3 is 2.32 bits per heavy atom. The Labute approximate surface area is 195 Å². The normalized spacial score (nSPS) is 11.5. The standard InChI is InChI=1S/C24H22N4O6/c29-21-12-8-17(9-13-21)14-22(26-24(31)34-16-19-4-2-1-3-5-19)23(30)27-25-15-18-6-10-20(11-7-18)28(32)33/h1-13,15,22,29H,14,16H2,(H,26,31)(H,27,30)/b25-15+. The quantitative estimate of drug-likeness (QED) is 0.253. The molecule has 0 bridgehead atoms. The van der Waals surface area contributed by atoms with Crippen molar-refractivity contribution < 1.29 is 24.4 Å². The van der Waals surface area contributed by atoms with Crippen LogP contribution in [0.5, 0.6) is 5.75 Å². The molecule has 0 saturated heterocycles. The summed E-state index contributed by atoms with van der Waals surface area (Å²) in [6.45, 7) is 0.0402. The number of aromatic hydroxyl groups is 1. The monoisotopic (exact) mass is 462 g/mol. The third-order valence-corrected chi connectivity index (χ3v) is 4.69. The van der Waals surface area contributed by atoms with Gasteiger partial charge in [-0.25, -0.2) is 10.2 Å². The second-order valence-electron chi connectivity index (χ2n) is 7.21. The van der Waals surface area contributed by atoms with Crippen LogP contribution in [0.25, 0.3) is 0 Å². The van der Waals surface area contributed by atoms with Crippen molar-refractivity contribution in [2.24, 2.45) is 5.10 Å². The fraction of sp³-hybridized carbons (Fsp3) is 0.125. The summed E-state index contributed by atoms with van der Waals surface area (Å²) in [4.78, 5) is 35.3. The molecule has 0 aromatic heterocycles. The minimum absolute atomic E-state index is 0.0402. The third kappa shape index (κ3) is 7.45. The molecule has 0 radical (unpaired) electrons. The number of nitro benzene ring substituents is 1. The van der Waals surface area contributed by atoms with Gasteiger partial charge in [-0.2, -0.15) is 5.10 Å². The smallest absolute Gasteiger partial charge is 0.408 e. The van der Waals surface area contributed by atoms with Gasteiger partial charge in [-0.05, 0) is 41.0 Å². The van der Waals surface area contributed by atoms with Gasteiger partial charge in [0.2, 0.25) is 0 Å². The molecule has 1 atom stereocenters. The van der Waals surface area contributed by atoms with E-state index in [2.05, 4.69) is 15.8 Å². The zero-order chi connectivity index (χ0) is 24.3. The molecule has 10 heteroatoms. The molecule has 1 unspecified atom stereocenters. The average Bonchev–Trinajstić information content (AvgIpc) is 2.84. The van der Waals surface area contributed by atoms with Crippen LogP contribution in [0.2, 0.25) is 0 Å². The number of ether oxygens (including phenoxy) is 1. The average molecular weight is 462 g/mol. The van der Waals surface area contributed by atoms with Crippen LogP contribution >= 0.6 is 0 Å². The lowest BCUT2D eigenvalue weighted by Gasteiger charge is -2.17. The van der Waals surface area contributed by atoms with Crippen molar-refractivity contribution in [3.05, 3.63) is 106 Å². The highest BCUT2D eigenvalue weighted by Crippen LogP contribution is 2.12. The first-order valence-corrected chi connectivity index (χ1v) is 10.2. The maximum Gasteiger partial charge on any atom is 0.408 e. The molecule has 0 aliphatic carbocycles. The predicted molar refractivity (Wildman–Crippen MR) is 124 cm³/mol. The summed E-state index contributed by atoms with van der Waals surface area (Å²) in [5, 5.41) is 26.6. The molecule has 3 rings (SSSR count). The van der Waals surface area contributed by atoms with Crippen LogP contribution < -0.4 is 10.7 Å². The number of amides is 2. The Morgan fingerprint density at radius 2 is 1.68 bits per heavy atom. The van der Waals surface area contributed by atoms with Gasteiger partial charge in [0.15, 0.2) is 0 Å². The number of nitrogens with zero attached hydrogens (tertiary/aromatic N) is 2. The van der Waals surface area contributed by atoms with Gasteiger partial charge >= 0.3 is 6.09 Å². The molecule has 0 fully saturated rings. The van der Waals surface area contributed by atoms with Gasteiger partial charge in [-0.1, -0.05) is 42.5 Å². The van der Waals surface area contributed by atoms with E-state index in [0.29, 0.717) is 11.1 Å². The van der Waals surface area contributed by atoms with E-state index in [4.69, 9.17) is 4.74 Å². The zero-order valence-electron chi connectivity index (χ0n) is 18.0. The lowest BCUT2D eigenvalue weighted by Crippen LogP contribution is -2.47. The largest absolute Gasteiger partial charge is 0.508 e. The summed E-state index contributed by atoms with van der Waals surface area (Å²) in [7, 11) is 0. The van der Waals surface area contributed by atoms with Crippen LogP contribution in [0.15, 0.2) is 84.0 Å². The highest BCUT2D eigenvalue weighted by molar-refractivity contribution is 5.87. The number of alkyl carbamates (subject to hydrolysis) is 1. The molecule has 0 heterocycles. The first-order valence-electron chi connectivity index (χ1n) is 10.2. The molecular formula is C24H22N4O6. The number of hydrogen-bond acceptors (Lipinski definition) is 7. The molecule has 3 aromatic carbocycles. The maximum absolute atomic E-state index is 12.7. The summed E-state index contributed by atoms with van der Waals surface area (Å²) in [6.07, 6.45) is 0.675. The minimum Gasteiger partial charge on any atom is -0.508 e. The second kappa shape index (κ2) is 11.8. The summed E-state index contributed by atoms with van der Waals surface area (Å²) in [5.41, 5.74) is 4.32. The van der Waals surface area contributed by atoms with Crippen LogP contribution in [0.1, 0.15) is 16.7 Å². The Hall–Kier alpha value is -4.73. The van der Waals surface area contributed by atoms with Gasteiger partial charge in [0.25, 0.3) is 11.6 Å². The van der Waals surface area contributed by atoms with Crippen LogP contribution in [-0.4, -0.2) is 34.3 Å². The number of hydrazone groups is 1. The Morgan fingerprint density at radius 1 is 1.00 bits per heavy atom. The number of phenols is 1. The van der Waals surface area contributed by atoms with E-state index in [9.17, 15) is 24.8 Å². The number of carbonyl (C=O) groups excluding carboxylic acids is 2. The van der Waals surface area contributed by atoms with Crippen LogP contribution in [0.3, 0.4) is 0 Å². The summed E-state index contributed by atoms with van der Waals surface area (Å²) in [5.74, 6) is -0.518. The molecular weight excluding hydrogens is 440 g/mol. The number of nitro groups is 1. The fourth-order valence-corrected chi connectivity index (χ4v) is 2.91. The van der Waals surface area contributed by atoms with Gasteiger partial charge in [-0.15, -0.1) is 0 Å². The van der Waals surface area contributed by atoms with E-state index in [-0.39, 0.29) is 24.5 Å². The fourth-order valence-electron chi connectivity index (χ4n) is 2.91. The van der Waals surface area contributed by atoms with E-state index in [1.54, 1.807) is 24.3 Å². The molecule has 3 N–H and O–H groups in total. The number of non-ortho nitro benzene ring substituents is 1. The van der Waals surface area contributed by atoms with Gasteiger partial charge in [-0.3, -0.25) is 14.9 Å². The number of phenolic OH excluding ortho intramolecular Hbond substituents is 1. The van der Waals surface area contributed by atoms with Crippen molar-refractivity contribution in [2.75, 3.05) is 0 Å². The molecule has 0 aliphatic rings. The lowest BCUT2D eigenvalue weighted by atomic mass is 10.1. The SMILES string of the molecule is O=C(NC(Cc1ccc(O)cc1)C(=O)N/N=C/c1ccc([N+](=O)[O-])cc1)OCc1ccccc1. The van der Waals surface area contributed by atoms with Gasteiger partial charge in [0, 0.05) is 18.6 Å². The molecule has 174 valence electrons. The van der Waals surface area contributed by atoms with Crippen molar-refractivity contribution in [3.8, 4) is 5.75 Å². The van der Waals surface area contributed by atoms with E-state index in [0.717, 1.165) is 5.56 Å². The van der Waals surface area contributed by atoms with Gasteiger partial charge < -0.3 is 15.2 Å². The summed E-state index contributed by atoms with van der Waals surface area (Å²) in [6, 6.07) is 19.9. The van der Waals surface area contributed by atoms with E-state index >= 15 is 0 Å². The molecule has 34 heavy (non-hydrogen) atoms. The number of hydrogen-bond donors (Lipinski definition) is 3. The van der Waals surface area contributed by atoms with Gasteiger partial charge in [0.05, 0.1) is 11.1 Å². The first kappa shape index (κ1) is 23.9. The summed E-state index contributed by atoms with van der Waals surface area (Å²) < 4.78 is 5.21. The molecule has 3 aromatic rings. The van der Waals surface area contributed by atoms with Crippen molar-refractivity contribution >= 4 is 23.9 Å². The highest BCUT2D eigenvalue weighted by Gasteiger charge is 2.22. The Bertz CT molecular complexity index is 1150. The van der Waals surface area contributed by atoms with Crippen molar-refractivity contribution in [2.45, 2.75) is 19.1 Å². The Kier molecular flexibility index (Phi) is 8.28. The number of benzene rings is 3. The zero-order valence-corrected chi connectivity index (χ0v) is 18.0. The molecule has 0 aliphatic heterocycles. The minimum atomic E-state index is -1.01. The van der Waals surface area contributed by atoms with Crippen molar-refractivity contribution in [1.82, 2.24) is 10.7 Å². The number of rotatable bonds is 9. The topological polar surface area (TPSA) is 143 Å². The number of carbonyl (C=O) groups is 2. The molecule has 10 nitrogen and oxygen atoms in total. The Balaban J connectivity index is 1.63. The third-order valence-electron chi connectivity index (χ3n) is 4.69. The van der Waals surface area contributed by atoms with E-state index in [1.807, 2.05) is 18.2 Å². The van der Waals surface area contributed by atoms with Crippen LogP contribution in [-0.2, 0) is 22.6 Å². The molecule has 0 spiro atoms. The van der Waals surface area contributed by atoms with Crippen LogP contribution in [0.4, 0.5) is 10.5 Å². The highest BCUT2D eigenvalue weighted by atomic mass is 16.6. The maximum atomic E-state index is 12.7. The second-order valence-corrected chi connectivity index (χ2v) is 7.21. The molecule has 0 saturated carbocycles. The molecule has 2 amide bonds. The summed E-state index contributed by atoms with van der Waals surface area (Å²) >= 11 is 0. The van der Waals surface area contributed by atoms with E-state index in [1.165, 1.54) is 42.6 Å². The lowest BCUT2D eigenvalue weighted by molar-refractivity contribution is -0.384. The van der Waals surface area contributed by atoms with Crippen LogP contribution in [0, 0.1) is 10.1 Å². The number of nitrogens with one attached hydrogen (secondary N) is 2. The first-order chi connectivity index (χ1) is 16.4.